The average molecular weight is 343 g/mol. The van der Waals surface area contributed by atoms with Gasteiger partial charge in [0.2, 0.25) is 5.13 Å². The number of aryl methyl sites for hydroxylation is 1. The fraction of sp³-hybridized carbons (Fsp3) is 0.118. The Balaban J connectivity index is 1.57. The molecule has 0 saturated carbocycles. The third-order valence-electron chi connectivity index (χ3n) is 3.17. The fourth-order valence-electron chi connectivity index (χ4n) is 1.93. The number of hydrogen-bond donors (Lipinski definition) is 1. The summed E-state index contributed by atoms with van der Waals surface area (Å²) in [6, 6.07) is 13.3. The Bertz CT molecular complexity index is 832. The van der Waals surface area contributed by atoms with Gasteiger partial charge in [0.25, 0.3) is 5.91 Å². The van der Waals surface area contributed by atoms with Gasteiger partial charge in [-0.2, -0.15) is 9.36 Å². The highest BCUT2D eigenvalue weighted by molar-refractivity contribution is 7.10. The third-order valence-corrected chi connectivity index (χ3v) is 3.80. The van der Waals surface area contributed by atoms with E-state index in [1.54, 1.807) is 24.3 Å². The molecule has 7 heteroatoms. The van der Waals surface area contributed by atoms with Gasteiger partial charge in [0.05, 0.1) is 0 Å². The van der Waals surface area contributed by atoms with Crippen LogP contribution in [0.25, 0.3) is 11.4 Å². The highest BCUT2D eigenvalue weighted by atomic mass is 32.1. The zero-order valence-corrected chi connectivity index (χ0v) is 13.6. The van der Waals surface area contributed by atoms with E-state index < -0.39 is 0 Å². The minimum atomic E-state index is -0.323. The van der Waals surface area contributed by atoms with Crippen molar-refractivity contribution < 1.29 is 13.9 Å². The molecule has 0 unspecified atom stereocenters. The Hall–Kier alpha value is -2.80. The van der Waals surface area contributed by atoms with Crippen LogP contribution in [-0.4, -0.2) is 21.9 Å². The predicted molar refractivity (Wildman–Crippen MR) is 90.6 cm³/mol. The smallest absolute Gasteiger partial charge is 0.264 e. The van der Waals surface area contributed by atoms with Crippen molar-refractivity contribution in [3.05, 3.63) is 59.9 Å². The molecule has 2 aromatic carbocycles. The summed E-state index contributed by atoms with van der Waals surface area (Å²) in [7, 11) is 0. The van der Waals surface area contributed by atoms with Crippen molar-refractivity contribution in [2.75, 3.05) is 11.9 Å². The maximum atomic E-state index is 12.9. The van der Waals surface area contributed by atoms with Gasteiger partial charge in [-0.05, 0) is 43.3 Å². The molecule has 1 heterocycles. The minimum absolute atomic E-state index is 0.117. The molecule has 0 aliphatic heterocycles. The van der Waals surface area contributed by atoms with Gasteiger partial charge in [-0.15, -0.1) is 0 Å². The fourth-order valence-corrected chi connectivity index (χ4v) is 2.54. The van der Waals surface area contributed by atoms with Crippen molar-refractivity contribution in [2.45, 2.75) is 6.92 Å². The molecule has 3 rings (SSSR count). The number of ether oxygens (including phenoxy) is 1. The topological polar surface area (TPSA) is 64.1 Å². The molecule has 0 atom stereocenters. The van der Waals surface area contributed by atoms with E-state index in [1.807, 2.05) is 19.1 Å². The Labute approximate surface area is 142 Å². The molecule has 0 radical (unpaired) electrons. The number of nitrogens with one attached hydrogen (secondary N) is 1. The van der Waals surface area contributed by atoms with Gasteiger partial charge in [0.1, 0.15) is 11.6 Å². The van der Waals surface area contributed by atoms with Gasteiger partial charge in [-0.3, -0.25) is 10.1 Å². The van der Waals surface area contributed by atoms with E-state index in [0.29, 0.717) is 22.3 Å². The molecule has 5 nitrogen and oxygen atoms in total. The molecule has 1 aromatic heterocycles. The molecular formula is C17H14FN3O2S. The van der Waals surface area contributed by atoms with Gasteiger partial charge in [0.15, 0.2) is 12.4 Å². The van der Waals surface area contributed by atoms with E-state index in [1.165, 1.54) is 12.1 Å². The SMILES string of the molecule is Cc1ccc(OCC(=O)Nc2nc(-c3ccc(F)cc3)ns2)cc1. The number of carbonyl (C=O) groups is 1. The lowest BCUT2D eigenvalue weighted by molar-refractivity contribution is -0.118. The van der Waals surface area contributed by atoms with Crippen LogP contribution in [-0.2, 0) is 4.79 Å². The average Bonchev–Trinajstić information content (AvgIpc) is 3.03. The van der Waals surface area contributed by atoms with Crippen LogP contribution < -0.4 is 10.1 Å². The highest BCUT2D eigenvalue weighted by Crippen LogP contribution is 2.21. The Kier molecular flexibility index (Phi) is 4.81. The maximum Gasteiger partial charge on any atom is 0.264 e. The van der Waals surface area contributed by atoms with Crippen LogP contribution in [0.2, 0.25) is 0 Å². The van der Waals surface area contributed by atoms with Crippen molar-refractivity contribution in [1.29, 1.82) is 0 Å². The van der Waals surface area contributed by atoms with Gasteiger partial charge in [0, 0.05) is 17.1 Å². The number of nitrogens with zero attached hydrogens (tertiary/aromatic N) is 2. The molecule has 1 N–H and O–H groups in total. The van der Waals surface area contributed by atoms with E-state index in [-0.39, 0.29) is 18.3 Å². The molecule has 122 valence electrons. The number of hydrogen-bond acceptors (Lipinski definition) is 5. The Morgan fingerprint density at radius 3 is 2.58 bits per heavy atom. The number of rotatable bonds is 5. The number of carbonyl (C=O) groups excluding carboxylic acids is 1. The summed E-state index contributed by atoms with van der Waals surface area (Å²) in [6.45, 7) is 1.86. The number of aromatic nitrogens is 2. The van der Waals surface area contributed by atoms with E-state index in [0.717, 1.165) is 17.1 Å². The lowest BCUT2D eigenvalue weighted by Crippen LogP contribution is -2.20. The summed E-state index contributed by atoms with van der Waals surface area (Å²) in [5.41, 5.74) is 1.80. The monoisotopic (exact) mass is 343 g/mol. The lowest BCUT2D eigenvalue weighted by Gasteiger charge is -2.05. The van der Waals surface area contributed by atoms with Crippen LogP contribution in [0.3, 0.4) is 0 Å². The van der Waals surface area contributed by atoms with Crippen LogP contribution in [0.1, 0.15) is 5.56 Å². The van der Waals surface area contributed by atoms with Crippen LogP contribution in [0.15, 0.2) is 48.5 Å². The molecule has 0 fully saturated rings. The van der Waals surface area contributed by atoms with Gasteiger partial charge in [-0.1, -0.05) is 17.7 Å². The minimum Gasteiger partial charge on any atom is -0.484 e. The van der Waals surface area contributed by atoms with Crippen molar-refractivity contribution in [3.63, 3.8) is 0 Å². The normalized spacial score (nSPS) is 10.4. The number of benzene rings is 2. The van der Waals surface area contributed by atoms with Crippen LogP contribution >= 0.6 is 11.5 Å². The highest BCUT2D eigenvalue weighted by Gasteiger charge is 2.10. The Morgan fingerprint density at radius 1 is 1.17 bits per heavy atom. The van der Waals surface area contributed by atoms with Crippen LogP contribution in [0, 0.1) is 12.7 Å². The molecule has 24 heavy (non-hydrogen) atoms. The summed E-state index contributed by atoms with van der Waals surface area (Å²) >= 11 is 1.06. The molecule has 0 aliphatic rings. The number of anilines is 1. The zero-order chi connectivity index (χ0) is 16.9. The predicted octanol–water partition coefficient (Wildman–Crippen LogP) is 3.67. The molecule has 0 spiro atoms. The standard InChI is InChI=1S/C17H14FN3O2S/c1-11-2-8-14(9-3-11)23-10-15(22)19-17-20-16(21-24-17)12-4-6-13(18)7-5-12/h2-9H,10H2,1H3,(H,19,20,21,22). The first-order valence-corrected chi connectivity index (χ1v) is 7.96. The van der Waals surface area contributed by atoms with E-state index in [9.17, 15) is 9.18 Å². The zero-order valence-electron chi connectivity index (χ0n) is 12.8. The van der Waals surface area contributed by atoms with E-state index in [4.69, 9.17) is 4.74 Å². The lowest BCUT2D eigenvalue weighted by atomic mass is 10.2. The molecule has 0 aliphatic carbocycles. The second kappa shape index (κ2) is 7.18. The second-order valence-electron chi connectivity index (χ2n) is 5.08. The molecule has 1 amide bonds. The summed E-state index contributed by atoms with van der Waals surface area (Å²) in [6.07, 6.45) is 0. The second-order valence-corrected chi connectivity index (χ2v) is 5.83. The molecule has 0 bridgehead atoms. The Morgan fingerprint density at radius 2 is 1.88 bits per heavy atom. The third kappa shape index (κ3) is 4.14. The van der Waals surface area contributed by atoms with Crippen LogP contribution in [0.4, 0.5) is 9.52 Å². The van der Waals surface area contributed by atoms with Crippen molar-refractivity contribution >= 4 is 22.6 Å². The van der Waals surface area contributed by atoms with Gasteiger partial charge in [-0.25, -0.2) is 4.39 Å². The summed E-state index contributed by atoms with van der Waals surface area (Å²) in [5, 5.41) is 3.00. The largest absolute Gasteiger partial charge is 0.484 e. The van der Waals surface area contributed by atoms with Crippen molar-refractivity contribution in [3.8, 4) is 17.1 Å². The van der Waals surface area contributed by atoms with Crippen molar-refractivity contribution in [1.82, 2.24) is 9.36 Å². The summed E-state index contributed by atoms with van der Waals surface area (Å²) in [5.74, 6) is 0.419. The van der Waals surface area contributed by atoms with E-state index >= 15 is 0 Å². The van der Waals surface area contributed by atoms with Crippen molar-refractivity contribution in [2.24, 2.45) is 0 Å². The first-order valence-electron chi connectivity index (χ1n) is 7.19. The number of halogens is 1. The maximum absolute atomic E-state index is 12.9. The molecular weight excluding hydrogens is 329 g/mol. The quantitative estimate of drug-likeness (QED) is 0.768. The molecule has 3 aromatic rings. The van der Waals surface area contributed by atoms with E-state index in [2.05, 4.69) is 14.7 Å². The first kappa shape index (κ1) is 16.1. The van der Waals surface area contributed by atoms with Gasteiger partial charge >= 0.3 is 0 Å². The summed E-state index contributed by atoms with van der Waals surface area (Å²) < 4.78 is 22.5. The van der Waals surface area contributed by atoms with Crippen LogP contribution in [0.5, 0.6) is 5.75 Å². The summed E-state index contributed by atoms with van der Waals surface area (Å²) in [4.78, 5) is 16.1. The molecule has 0 saturated heterocycles. The van der Waals surface area contributed by atoms with Gasteiger partial charge < -0.3 is 4.74 Å². The number of amides is 1. The first-order chi connectivity index (χ1) is 11.6.